The van der Waals surface area contributed by atoms with Gasteiger partial charge in [0.1, 0.15) is 11.4 Å². The average molecular weight is 800 g/mol. The van der Waals surface area contributed by atoms with E-state index in [9.17, 15) is 19.8 Å². The molecule has 294 valence electrons. The SMILES string of the molecule is O=C(Cc1ccccc1)c1cc2ccccc2c(N=Nc2ccc(-c3nnc(-c4ccc(N=Nc5c(O)c(C(=O)Nc6ccccc6)cc6ccccc56)cc4)o3)cc2)c1O. The van der Waals surface area contributed by atoms with Gasteiger partial charge in [-0.1, -0.05) is 97.1 Å². The molecule has 12 heteroatoms. The number of para-hydroxylation sites is 1. The number of rotatable bonds is 11. The summed E-state index contributed by atoms with van der Waals surface area (Å²) < 4.78 is 6.01. The highest BCUT2D eigenvalue weighted by Gasteiger charge is 2.20. The Bertz CT molecular complexity index is 2920. The number of phenols is 2. The Labute approximate surface area is 348 Å². The van der Waals surface area contributed by atoms with E-state index in [1.165, 1.54) is 0 Å². The van der Waals surface area contributed by atoms with Crippen molar-refractivity contribution >= 4 is 61.7 Å². The van der Waals surface area contributed by atoms with Gasteiger partial charge in [-0.2, -0.15) is 10.2 Å². The molecule has 1 aromatic heterocycles. The highest BCUT2D eigenvalue weighted by molar-refractivity contribution is 6.12. The number of amides is 1. The number of fused-ring (bicyclic) bond motifs is 2. The van der Waals surface area contributed by atoms with Gasteiger partial charge in [-0.05, 0) is 89.1 Å². The third-order valence-electron chi connectivity index (χ3n) is 9.96. The van der Waals surface area contributed by atoms with Crippen LogP contribution in [0.4, 0.5) is 28.4 Å². The molecule has 9 aromatic rings. The van der Waals surface area contributed by atoms with Crippen molar-refractivity contribution in [3.63, 3.8) is 0 Å². The lowest BCUT2D eigenvalue weighted by Gasteiger charge is -2.11. The van der Waals surface area contributed by atoms with Crippen molar-refractivity contribution in [1.82, 2.24) is 10.2 Å². The number of hydrogen-bond donors (Lipinski definition) is 3. The van der Waals surface area contributed by atoms with Gasteiger partial charge in [0.25, 0.3) is 5.91 Å². The zero-order valence-corrected chi connectivity index (χ0v) is 32.2. The number of aromatic hydroxyl groups is 2. The van der Waals surface area contributed by atoms with E-state index in [0.717, 1.165) is 16.3 Å². The molecule has 0 spiro atoms. The van der Waals surface area contributed by atoms with Crippen LogP contribution in [0.25, 0.3) is 44.5 Å². The Morgan fingerprint density at radius 3 is 1.52 bits per heavy atom. The number of phenolic OH excluding ortho intramolecular Hbond substituents is 2. The van der Waals surface area contributed by atoms with Crippen LogP contribution >= 0.6 is 0 Å². The molecule has 1 heterocycles. The number of nitrogens with zero attached hydrogens (tertiary/aromatic N) is 6. The first-order valence-corrected chi connectivity index (χ1v) is 19.2. The van der Waals surface area contributed by atoms with E-state index in [-0.39, 0.29) is 58.0 Å². The predicted octanol–water partition coefficient (Wildman–Crippen LogP) is 12.6. The second-order valence-electron chi connectivity index (χ2n) is 14.0. The lowest BCUT2D eigenvalue weighted by Crippen LogP contribution is -2.12. The molecule has 12 nitrogen and oxygen atoms in total. The van der Waals surface area contributed by atoms with Crippen LogP contribution in [0.2, 0.25) is 0 Å². The predicted molar refractivity (Wildman–Crippen MR) is 234 cm³/mol. The highest BCUT2D eigenvalue weighted by atomic mass is 16.4. The van der Waals surface area contributed by atoms with Crippen LogP contribution in [-0.4, -0.2) is 32.1 Å². The molecule has 0 aliphatic rings. The van der Waals surface area contributed by atoms with E-state index in [2.05, 4.69) is 36.0 Å². The lowest BCUT2D eigenvalue weighted by atomic mass is 9.97. The minimum atomic E-state index is -0.475. The zero-order chi connectivity index (χ0) is 41.7. The van der Waals surface area contributed by atoms with Crippen LogP contribution < -0.4 is 5.32 Å². The van der Waals surface area contributed by atoms with Crippen molar-refractivity contribution < 1.29 is 24.2 Å². The number of carbonyl (C=O) groups excluding carboxylic acids is 2. The van der Waals surface area contributed by atoms with Crippen molar-refractivity contribution in [3.8, 4) is 34.4 Å². The summed E-state index contributed by atoms with van der Waals surface area (Å²) in [6, 6.07) is 50.4. The van der Waals surface area contributed by atoms with Gasteiger partial charge < -0.3 is 19.9 Å². The van der Waals surface area contributed by atoms with Gasteiger partial charge in [0.05, 0.1) is 22.5 Å². The average Bonchev–Trinajstić information content (AvgIpc) is 3.80. The van der Waals surface area contributed by atoms with Crippen LogP contribution in [-0.2, 0) is 6.42 Å². The molecular weight excluding hydrogens is 767 g/mol. The van der Waals surface area contributed by atoms with E-state index < -0.39 is 5.91 Å². The quantitative estimate of drug-likeness (QED) is 0.0861. The number of Topliss-reactive ketones (excluding diaryl/α,β-unsaturated/α-hetero) is 1. The number of carbonyl (C=O) groups is 2. The molecule has 0 radical (unpaired) electrons. The number of ketones is 1. The summed E-state index contributed by atoms with van der Waals surface area (Å²) in [4.78, 5) is 26.5. The van der Waals surface area contributed by atoms with Crippen LogP contribution in [0.1, 0.15) is 26.3 Å². The molecule has 8 aromatic carbocycles. The smallest absolute Gasteiger partial charge is 0.259 e. The summed E-state index contributed by atoms with van der Waals surface area (Å²) >= 11 is 0. The second kappa shape index (κ2) is 16.7. The maximum atomic E-state index is 13.3. The summed E-state index contributed by atoms with van der Waals surface area (Å²) in [5, 5.41) is 54.1. The van der Waals surface area contributed by atoms with Gasteiger partial charge in [-0.15, -0.1) is 20.4 Å². The fraction of sp³-hybridized carbons (Fsp3) is 0.0204. The van der Waals surface area contributed by atoms with Crippen molar-refractivity contribution in [2.75, 3.05) is 5.32 Å². The summed E-state index contributed by atoms with van der Waals surface area (Å²) in [6.45, 7) is 0. The molecular formula is C49H33N7O5. The highest BCUT2D eigenvalue weighted by Crippen LogP contribution is 2.41. The van der Waals surface area contributed by atoms with Crippen LogP contribution in [0, 0.1) is 0 Å². The fourth-order valence-corrected chi connectivity index (χ4v) is 6.83. The Morgan fingerprint density at radius 1 is 0.525 bits per heavy atom. The third-order valence-corrected chi connectivity index (χ3v) is 9.96. The van der Waals surface area contributed by atoms with Crippen LogP contribution in [0.15, 0.2) is 195 Å². The lowest BCUT2D eigenvalue weighted by molar-refractivity contribution is 0.0988. The first-order valence-electron chi connectivity index (χ1n) is 19.2. The number of anilines is 1. The Kier molecular flexibility index (Phi) is 10.4. The zero-order valence-electron chi connectivity index (χ0n) is 32.2. The molecule has 0 atom stereocenters. The minimum Gasteiger partial charge on any atom is -0.505 e. The third kappa shape index (κ3) is 8.09. The van der Waals surface area contributed by atoms with Gasteiger partial charge in [-0.25, -0.2) is 0 Å². The second-order valence-corrected chi connectivity index (χ2v) is 14.0. The Morgan fingerprint density at radius 2 is 0.984 bits per heavy atom. The van der Waals surface area contributed by atoms with E-state index in [1.807, 2.05) is 97.1 Å². The number of azo groups is 2. The number of nitrogens with one attached hydrogen (secondary N) is 1. The number of aromatic nitrogens is 2. The van der Waals surface area contributed by atoms with E-state index in [0.29, 0.717) is 39.0 Å². The van der Waals surface area contributed by atoms with E-state index in [1.54, 1.807) is 72.8 Å². The molecule has 0 saturated carbocycles. The molecule has 9 rings (SSSR count). The molecule has 0 bridgehead atoms. The Balaban J connectivity index is 0.906. The molecule has 3 N–H and O–H groups in total. The van der Waals surface area contributed by atoms with Crippen molar-refractivity contribution in [2.45, 2.75) is 6.42 Å². The summed E-state index contributed by atoms with van der Waals surface area (Å²) in [6.07, 6.45) is 0.137. The minimum absolute atomic E-state index is 0.0712. The molecule has 1 amide bonds. The summed E-state index contributed by atoms with van der Waals surface area (Å²) in [5.41, 5.74) is 4.35. The molecule has 0 unspecified atom stereocenters. The normalized spacial score (nSPS) is 11.5. The largest absolute Gasteiger partial charge is 0.505 e. The number of hydrogen-bond acceptors (Lipinski definition) is 11. The Hall–Kier alpha value is -8.64. The summed E-state index contributed by atoms with van der Waals surface area (Å²) in [7, 11) is 0. The standard InChI is InChI=1S/C49H33N7O5/c57-42(27-30-11-3-1-4-12-30)40-28-33-13-7-9-17-38(33)43(45(40)58)53-51-36-23-19-31(20-24-36)48-55-56-49(61-48)32-21-25-37(26-22-32)52-54-44-39-18-10-8-14-34(39)29-41(46(44)59)47(60)50-35-15-5-2-6-16-35/h1-26,28-29,58-59H,27H2,(H,50,60). The first kappa shape index (κ1) is 37.9. The van der Waals surface area contributed by atoms with E-state index in [4.69, 9.17) is 4.42 Å². The van der Waals surface area contributed by atoms with Gasteiger partial charge in [-0.3, -0.25) is 9.59 Å². The number of benzene rings is 8. The fourth-order valence-electron chi connectivity index (χ4n) is 6.83. The van der Waals surface area contributed by atoms with Crippen LogP contribution in [0.5, 0.6) is 11.5 Å². The van der Waals surface area contributed by atoms with Gasteiger partial charge in [0, 0.05) is 34.0 Å². The molecule has 61 heavy (non-hydrogen) atoms. The van der Waals surface area contributed by atoms with Crippen LogP contribution in [0.3, 0.4) is 0 Å². The van der Waals surface area contributed by atoms with E-state index >= 15 is 0 Å². The molecule has 0 aliphatic carbocycles. The monoisotopic (exact) mass is 799 g/mol. The molecule has 0 fully saturated rings. The topological polar surface area (TPSA) is 175 Å². The summed E-state index contributed by atoms with van der Waals surface area (Å²) in [5.74, 6) is -0.640. The molecule has 0 aliphatic heterocycles. The van der Waals surface area contributed by atoms with Gasteiger partial charge in [0.2, 0.25) is 11.8 Å². The van der Waals surface area contributed by atoms with Crippen molar-refractivity contribution in [3.05, 3.63) is 187 Å². The maximum absolute atomic E-state index is 13.3. The van der Waals surface area contributed by atoms with Crippen molar-refractivity contribution in [2.24, 2.45) is 20.5 Å². The maximum Gasteiger partial charge on any atom is 0.259 e. The molecule has 0 saturated heterocycles. The van der Waals surface area contributed by atoms with Gasteiger partial charge in [0.15, 0.2) is 17.3 Å². The van der Waals surface area contributed by atoms with Gasteiger partial charge >= 0.3 is 0 Å². The van der Waals surface area contributed by atoms with Crippen molar-refractivity contribution in [1.29, 1.82) is 0 Å². The first-order chi connectivity index (χ1) is 29.9.